The van der Waals surface area contributed by atoms with Gasteiger partial charge in [-0.05, 0) is 20.8 Å². The Hall–Kier alpha value is 0.310. The third-order valence-corrected chi connectivity index (χ3v) is 2.61. The molecule has 88 valence electrons. The highest BCUT2D eigenvalue weighted by molar-refractivity contribution is 7.41. The van der Waals surface area contributed by atoms with Crippen LogP contribution in [0, 0.1) is 0 Å². The number of hydrogen-bond acceptors (Lipinski definition) is 3. The van der Waals surface area contributed by atoms with Crippen molar-refractivity contribution in [2.45, 2.75) is 47.5 Å². The summed E-state index contributed by atoms with van der Waals surface area (Å²) in [6.45, 7) is 12.1. The van der Waals surface area contributed by atoms with Crippen LogP contribution in [-0.4, -0.2) is 19.8 Å². The summed E-state index contributed by atoms with van der Waals surface area (Å²) in [5.74, 6) is 0. The summed E-state index contributed by atoms with van der Waals surface area (Å²) in [5.41, 5.74) is 0. The van der Waals surface area contributed by atoms with Crippen molar-refractivity contribution in [1.82, 2.24) is 0 Å². The van der Waals surface area contributed by atoms with Gasteiger partial charge in [0.25, 0.3) is 0 Å². The second-order valence-corrected chi connectivity index (χ2v) is 3.70. The van der Waals surface area contributed by atoms with E-state index >= 15 is 0 Å². The first-order chi connectivity index (χ1) is 6.76. The van der Waals surface area contributed by atoms with E-state index in [1.807, 2.05) is 20.8 Å². The lowest BCUT2D eigenvalue weighted by molar-refractivity contribution is 0.176. The van der Waals surface area contributed by atoms with Crippen molar-refractivity contribution >= 4 is 8.60 Å². The third kappa shape index (κ3) is 14.8. The van der Waals surface area contributed by atoms with E-state index in [4.69, 9.17) is 13.6 Å². The second-order valence-electron chi connectivity index (χ2n) is 2.48. The average molecular weight is 224 g/mol. The lowest BCUT2D eigenvalue weighted by Gasteiger charge is -2.12. The van der Waals surface area contributed by atoms with Crippen LogP contribution in [0.1, 0.15) is 47.5 Å². The maximum absolute atomic E-state index is 5.14. The minimum Gasteiger partial charge on any atom is -0.313 e. The molecule has 0 saturated carbocycles. The van der Waals surface area contributed by atoms with Crippen LogP contribution in [0.2, 0.25) is 0 Å². The van der Waals surface area contributed by atoms with Crippen LogP contribution >= 0.6 is 8.60 Å². The maximum Gasteiger partial charge on any atom is 0.332 e. The van der Waals surface area contributed by atoms with Crippen molar-refractivity contribution in [3.05, 3.63) is 0 Å². The summed E-state index contributed by atoms with van der Waals surface area (Å²) in [4.78, 5) is 0. The van der Waals surface area contributed by atoms with Gasteiger partial charge in [0, 0.05) is 0 Å². The Balaban J connectivity index is 0. The van der Waals surface area contributed by atoms with Crippen molar-refractivity contribution < 1.29 is 13.6 Å². The fourth-order valence-corrected chi connectivity index (χ4v) is 1.28. The summed E-state index contributed by atoms with van der Waals surface area (Å²) in [6, 6.07) is 0. The van der Waals surface area contributed by atoms with Gasteiger partial charge in [-0.2, -0.15) is 0 Å². The minimum absolute atomic E-state index is 0.645. The van der Waals surface area contributed by atoms with Crippen molar-refractivity contribution in [1.29, 1.82) is 0 Å². The van der Waals surface area contributed by atoms with Gasteiger partial charge in [0.1, 0.15) is 0 Å². The second kappa shape index (κ2) is 15.8. The lowest BCUT2D eigenvalue weighted by atomic mass is 10.4. The van der Waals surface area contributed by atoms with Gasteiger partial charge in [-0.1, -0.05) is 26.7 Å². The Labute approximate surface area is 90.1 Å². The van der Waals surface area contributed by atoms with Gasteiger partial charge in [0.15, 0.2) is 0 Å². The standard InChI is InChI=1S/C6H15O3P.C4H10/c1-4-7-10(8-5-2)9-6-3;1-3-4-2/h4-6H2,1-3H3;3-4H2,1-2H3. The molecule has 0 aromatic rings. The predicted octanol–water partition coefficient (Wildman–Crippen LogP) is 4.13. The Bertz CT molecular complexity index is 75.2. The van der Waals surface area contributed by atoms with E-state index in [0.29, 0.717) is 19.8 Å². The fraction of sp³-hybridized carbons (Fsp3) is 1.00. The number of unbranched alkanes of at least 4 members (excludes halogenated alkanes) is 1. The molecule has 0 heterocycles. The van der Waals surface area contributed by atoms with Gasteiger partial charge in [0.2, 0.25) is 0 Å². The topological polar surface area (TPSA) is 27.7 Å². The van der Waals surface area contributed by atoms with E-state index in [2.05, 4.69) is 13.8 Å². The molecule has 3 nitrogen and oxygen atoms in total. The predicted molar refractivity (Wildman–Crippen MR) is 62.4 cm³/mol. The highest BCUT2D eigenvalue weighted by Crippen LogP contribution is 2.38. The van der Waals surface area contributed by atoms with Crippen LogP contribution in [0.25, 0.3) is 0 Å². The van der Waals surface area contributed by atoms with Gasteiger partial charge in [0.05, 0.1) is 19.8 Å². The zero-order valence-electron chi connectivity index (χ0n) is 10.2. The molecule has 0 rings (SSSR count). The molecular weight excluding hydrogens is 199 g/mol. The quantitative estimate of drug-likeness (QED) is 0.608. The molecule has 0 aliphatic heterocycles. The highest BCUT2D eigenvalue weighted by Gasteiger charge is 2.07. The summed E-state index contributed by atoms with van der Waals surface area (Å²) in [5, 5.41) is 0. The molecule has 0 bridgehead atoms. The Morgan fingerprint density at radius 3 is 1.07 bits per heavy atom. The first-order valence-electron chi connectivity index (χ1n) is 5.45. The molecule has 14 heavy (non-hydrogen) atoms. The molecule has 0 spiro atoms. The van der Waals surface area contributed by atoms with Crippen LogP contribution in [0.4, 0.5) is 0 Å². The molecule has 0 amide bonds. The first kappa shape index (κ1) is 16.7. The molecule has 0 atom stereocenters. The third-order valence-electron chi connectivity index (χ3n) is 1.20. The summed E-state index contributed by atoms with van der Waals surface area (Å²) in [6.07, 6.45) is 2.64. The smallest absolute Gasteiger partial charge is 0.313 e. The highest BCUT2D eigenvalue weighted by atomic mass is 31.2. The molecule has 0 radical (unpaired) electrons. The van der Waals surface area contributed by atoms with Crippen molar-refractivity contribution in [3.63, 3.8) is 0 Å². The Morgan fingerprint density at radius 2 is 0.929 bits per heavy atom. The van der Waals surface area contributed by atoms with E-state index in [0.717, 1.165) is 0 Å². The van der Waals surface area contributed by atoms with Gasteiger partial charge in [-0.3, -0.25) is 0 Å². The van der Waals surface area contributed by atoms with Gasteiger partial charge >= 0.3 is 8.60 Å². The largest absolute Gasteiger partial charge is 0.332 e. The summed E-state index contributed by atoms with van der Waals surface area (Å²) < 4.78 is 15.4. The van der Waals surface area contributed by atoms with Crippen molar-refractivity contribution in [2.75, 3.05) is 19.8 Å². The monoisotopic (exact) mass is 224 g/mol. The van der Waals surface area contributed by atoms with Crippen molar-refractivity contribution in [2.24, 2.45) is 0 Å². The Morgan fingerprint density at radius 1 is 0.643 bits per heavy atom. The van der Waals surface area contributed by atoms with Gasteiger partial charge < -0.3 is 13.6 Å². The van der Waals surface area contributed by atoms with E-state index in [1.165, 1.54) is 12.8 Å². The van der Waals surface area contributed by atoms with Gasteiger partial charge in [-0.25, -0.2) is 0 Å². The molecule has 0 saturated heterocycles. The molecule has 0 fully saturated rings. The minimum atomic E-state index is -1.06. The van der Waals surface area contributed by atoms with Crippen LogP contribution in [0.15, 0.2) is 0 Å². The van der Waals surface area contributed by atoms with Crippen molar-refractivity contribution in [3.8, 4) is 0 Å². The van der Waals surface area contributed by atoms with Crippen LogP contribution in [0.5, 0.6) is 0 Å². The molecule has 0 unspecified atom stereocenters. The van der Waals surface area contributed by atoms with Crippen LogP contribution < -0.4 is 0 Å². The van der Waals surface area contributed by atoms with Crippen LogP contribution in [0.3, 0.4) is 0 Å². The van der Waals surface area contributed by atoms with E-state index in [9.17, 15) is 0 Å². The zero-order valence-corrected chi connectivity index (χ0v) is 11.1. The molecule has 0 N–H and O–H groups in total. The number of hydrogen-bond donors (Lipinski definition) is 0. The Kier molecular flexibility index (Phi) is 18.8. The molecule has 0 aliphatic rings. The zero-order chi connectivity index (χ0) is 11.2. The molecule has 0 aromatic heterocycles. The molecule has 0 aliphatic carbocycles. The van der Waals surface area contributed by atoms with E-state index in [1.54, 1.807) is 0 Å². The fourth-order valence-electron chi connectivity index (χ4n) is 0.428. The van der Waals surface area contributed by atoms with Gasteiger partial charge in [-0.15, -0.1) is 0 Å². The molecular formula is C10H25O3P. The average Bonchev–Trinajstić information content (AvgIpc) is 2.20. The van der Waals surface area contributed by atoms with E-state index < -0.39 is 8.60 Å². The van der Waals surface area contributed by atoms with Crippen LogP contribution in [-0.2, 0) is 13.6 Å². The molecule has 0 aromatic carbocycles. The maximum atomic E-state index is 5.14. The lowest BCUT2D eigenvalue weighted by Crippen LogP contribution is -1.94. The SMILES string of the molecule is CCCC.CCOP(OCC)OCC. The molecule has 4 heteroatoms. The summed E-state index contributed by atoms with van der Waals surface area (Å²) >= 11 is 0. The normalized spacial score (nSPS) is 9.86. The first-order valence-corrected chi connectivity index (χ1v) is 6.54. The summed E-state index contributed by atoms with van der Waals surface area (Å²) in [7, 11) is -1.06. The van der Waals surface area contributed by atoms with E-state index in [-0.39, 0.29) is 0 Å². The number of rotatable bonds is 7.